The van der Waals surface area contributed by atoms with Crippen LogP contribution in [0.25, 0.3) is 0 Å². The van der Waals surface area contributed by atoms with E-state index in [1.165, 1.54) is 4.90 Å². The topological polar surface area (TPSA) is 27.0 Å². The number of likely N-dealkylation sites (tertiary alicyclic amines) is 1. The minimum absolute atomic E-state index is 0.148. The number of nitriles is 1. The van der Waals surface area contributed by atoms with Gasteiger partial charge in [-0.1, -0.05) is 30.3 Å². The van der Waals surface area contributed by atoms with E-state index in [2.05, 4.69) is 0 Å². The van der Waals surface area contributed by atoms with Crippen LogP contribution in [0.2, 0.25) is 0 Å². The number of hydrogen-bond acceptors (Lipinski definition) is 2. The summed E-state index contributed by atoms with van der Waals surface area (Å²) in [6, 6.07) is 10.2. The van der Waals surface area contributed by atoms with Crippen LogP contribution in [0.1, 0.15) is 18.9 Å². The Hall–Kier alpha value is -1.54. The Kier molecular flexibility index (Phi) is 3.07. The van der Waals surface area contributed by atoms with E-state index >= 15 is 0 Å². The lowest BCUT2D eigenvalue weighted by atomic mass is 9.79. The fourth-order valence-electron chi connectivity index (χ4n) is 2.29. The predicted molar refractivity (Wildman–Crippen MR) is 60.5 cm³/mol. The standard InChI is InChI=1S/C13H13F3N2/c1-12(13(14,15)16)7-11(8-17)18(12)9-10-5-3-2-4-6-10/h2-6,11H,7,9H2,1H3. The highest BCUT2D eigenvalue weighted by atomic mass is 19.4. The fourth-order valence-corrected chi connectivity index (χ4v) is 2.29. The zero-order chi connectivity index (χ0) is 13.4. The molecule has 1 saturated heterocycles. The molecule has 1 fully saturated rings. The largest absolute Gasteiger partial charge is 0.406 e. The van der Waals surface area contributed by atoms with E-state index in [9.17, 15) is 13.2 Å². The summed E-state index contributed by atoms with van der Waals surface area (Å²) in [5.41, 5.74) is -1.10. The summed E-state index contributed by atoms with van der Waals surface area (Å²) >= 11 is 0. The fraction of sp³-hybridized carbons (Fsp3) is 0.462. The molecule has 2 atom stereocenters. The molecule has 0 aromatic heterocycles. The van der Waals surface area contributed by atoms with Gasteiger partial charge in [-0.25, -0.2) is 0 Å². The number of benzene rings is 1. The van der Waals surface area contributed by atoms with Crippen molar-refractivity contribution in [1.29, 1.82) is 5.26 Å². The first-order valence-electron chi connectivity index (χ1n) is 5.65. The average molecular weight is 254 g/mol. The smallest absolute Gasteiger partial charge is 0.270 e. The van der Waals surface area contributed by atoms with Crippen LogP contribution in [0.5, 0.6) is 0 Å². The summed E-state index contributed by atoms with van der Waals surface area (Å²) in [4.78, 5) is 1.22. The first kappa shape index (κ1) is 12.9. The molecule has 0 saturated carbocycles. The van der Waals surface area contributed by atoms with Gasteiger partial charge in [0.15, 0.2) is 0 Å². The highest BCUT2D eigenvalue weighted by Gasteiger charge is 2.64. The maximum absolute atomic E-state index is 13.0. The Morgan fingerprint density at radius 3 is 2.50 bits per heavy atom. The normalized spacial score (nSPS) is 28.5. The van der Waals surface area contributed by atoms with Crippen LogP contribution in [-0.2, 0) is 6.54 Å². The lowest BCUT2D eigenvalue weighted by Crippen LogP contribution is -2.70. The van der Waals surface area contributed by atoms with Crippen molar-refractivity contribution in [2.45, 2.75) is 37.6 Å². The van der Waals surface area contributed by atoms with Gasteiger partial charge in [0.1, 0.15) is 11.6 Å². The van der Waals surface area contributed by atoms with Crippen molar-refractivity contribution in [3.05, 3.63) is 35.9 Å². The first-order valence-corrected chi connectivity index (χ1v) is 5.65. The molecule has 96 valence electrons. The van der Waals surface area contributed by atoms with Crippen LogP contribution in [0.4, 0.5) is 13.2 Å². The summed E-state index contributed by atoms with van der Waals surface area (Å²) < 4.78 is 39.0. The van der Waals surface area contributed by atoms with E-state index in [1.54, 1.807) is 24.3 Å². The molecule has 2 rings (SSSR count). The molecule has 2 nitrogen and oxygen atoms in total. The molecule has 0 spiro atoms. The van der Waals surface area contributed by atoms with Gasteiger partial charge in [-0.05, 0) is 12.5 Å². The molecule has 1 aromatic carbocycles. The second kappa shape index (κ2) is 4.29. The number of hydrogen-bond donors (Lipinski definition) is 0. The molecule has 1 aliphatic heterocycles. The summed E-state index contributed by atoms with van der Waals surface area (Å²) in [5, 5.41) is 8.87. The molecule has 0 radical (unpaired) electrons. The molecule has 2 unspecified atom stereocenters. The van der Waals surface area contributed by atoms with Gasteiger partial charge in [0.25, 0.3) is 0 Å². The number of nitrogens with zero attached hydrogens (tertiary/aromatic N) is 2. The monoisotopic (exact) mass is 254 g/mol. The molecule has 18 heavy (non-hydrogen) atoms. The Labute approximate surface area is 104 Å². The lowest BCUT2D eigenvalue weighted by molar-refractivity contribution is -0.271. The van der Waals surface area contributed by atoms with Crippen molar-refractivity contribution < 1.29 is 13.2 Å². The van der Waals surface area contributed by atoms with Crippen LogP contribution in [0.15, 0.2) is 30.3 Å². The molecule has 0 N–H and O–H groups in total. The molecule has 0 bridgehead atoms. The number of alkyl halides is 3. The van der Waals surface area contributed by atoms with Crippen molar-refractivity contribution in [1.82, 2.24) is 4.90 Å². The third-order valence-corrected chi connectivity index (χ3v) is 3.56. The van der Waals surface area contributed by atoms with Gasteiger partial charge in [0.2, 0.25) is 0 Å². The van der Waals surface area contributed by atoms with Gasteiger partial charge < -0.3 is 0 Å². The second-order valence-corrected chi connectivity index (χ2v) is 4.73. The van der Waals surface area contributed by atoms with Crippen molar-refractivity contribution in [3.8, 4) is 6.07 Å². The van der Waals surface area contributed by atoms with Gasteiger partial charge in [0.05, 0.1) is 6.07 Å². The van der Waals surface area contributed by atoms with Gasteiger partial charge in [0, 0.05) is 13.0 Å². The van der Waals surface area contributed by atoms with Crippen LogP contribution >= 0.6 is 0 Å². The first-order chi connectivity index (χ1) is 8.38. The maximum Gasteiger partial charge on any atom is 0.406 e. The molecular formula is C13H13F3N2. The summed E-state index contributed by atoms with van der Waals surface area (Å²) in [7, 11) is 0. The minimum atomic E-state index is -4.31. The van der Waals surface area contributed by atoms with Crippen molar-refractivity contribution in [3.63, 3.8) is 0 Å². The number of halogens is 3. The summed E-state index contributed by atoms with van der Waals surface area (Å²) in [6.07, 6.45) is -4.46. The van der Waals surface area contributed by atoms with Crippen LogP contribution in [0, 0.1) is 11.3 Å². The van der Waals surface area contributed by atoms with Crippen molar-refractivity contribution in [2.75, 3.05) is 0 Å². The Morgan fingerprint density at radius 1 is 1.39 bits per heavy atom. The molecule has 1 heterocycles. The minimum Gasteiger partial charge on any atom is -0.270 e. The molecule has 0 amide bonds. The van der Waals surface area contributed by atoms with Crippen LogP contribution in [-0.4, -0.2) is 22.7 Å². The van der Waals surface area contributed by atoms with Crippen molar-refractivity contribution >= 4 is 0 Å². The van der Waals surface area contributed by atoms with Gasteiger partial charge in [-0.2, -0.15) is 18.4 Å². The molecule has 5 heteroatoms. The van der Waals surface area contributed by atoms with Gasteiger partial charge in [-0.15, -0.1) is 0 Å². The lowest BCUT2D eigenvalue weighted by Gasteiger charge is -2.54. The zero-order valence-electron chi connectivity index (χ0n) is 9.91. The predicted octanol–water partition coefficient (Wildman–Crippen LogP) is 3.11. The SMILES string of the molecule is CC1(C(F)(F)F)CC(C#N)N1Cc1ccccc1. The average Bonchev–Trinajstić information content (AvgIpc) is 2.32. The third kappa shape index (κ3) is 1.97. The molecule has 1 aromatic rings. The van der Waals surface area contributed by atoms with Gasteiger partial charge >= 0.3 is 6.18 Å². The third-order valence-electron chi connectivity index (χ3n) is 3.56. The number of rotatable bonds is 2. The van der Waals surface area contributed by atoms with E-state index < -0.39 is 17.8 Å². The second-order valence-electron chi connectivity index (χ2n) is 4.73. The van der Waals surface area contributed by atoms with Gasteiger partial charge in [-0.3, -0.25) is 4.90 Å². The molecule has 1 aliphatic rings. The molecule has 0 aliphatic carbocycles. The maximum atomic E-state index is 13.0. The highest BCUT2D eigenvalue weighted by Crippen LogP contribution is 2.48. The van der Waals surface area contributed by atoms with E-state index in [4.69, 9.17) is 5.26 Å². The molecular weight excluding hydrogens is 241 g/mol. The van der Waals surface area contributed by atoms with Crippen LogP contribution < -0.4 is 0 Å². The van der Waals surface area contributed by atoms with E-state index in [1.807, 2.05) is 12.1 Å². The summed E-state index contributed by atoms with van der Waals surface area (Å²) in [5.74, 6) is 0. The summed E-state index contributed by atoms with van der Waals surface area (Å²) in [6.45, 7) is 1.30. The zero-order valence-corrected chi connectivity index (χ0v) is 9.91. The Balaban J connectivity index is 2.21. The Morgan fingerprint density at radius 2 is 2.00 bits per heavy atom. The van der Waals surface area contributed by atoms with E-state index in [0.717, 1.165) is 12.5 Å². The van der Waals surface area contributed by atoms with E-state index in [0.29, 0.717) is 0 Å². The van der Waals surface area contributed by atoms with Crippen LogP contribution in [0.3, 0.4) is 0 Å². The van der Waals surface area contributed by atoms with Crippen molar-refractivity contribution in [2.24, 2.45) is 0 Å². The Bertz CT molecular complexity index is 463. The quantitative estimate of drug-likeness (QED) is 0.810. The van der Waals surface area contributed by atoms with E-state index in [-0.39, 0.29) is 13.0 Å². The highest BCUT2D eigenvalue weighted by molar-refractivity contribution is 5.20.